The predicted molar refractivity (Wildman–Crippen MR) is 413 cm³/mol. The number of rotatable bonds is 16. The van der Waals surface area contributed by atoms with Crippen molar-refractivity contribution in [2.24, 2.45) is 0 Å². The third-order valence-electron chi connectivity index (χ3n) is 18.6. The van der Waals surface area contributed by atoms with Gasteiger partial charge in [-0.2, -0.15) is 5.56 Å². The Kier molecular flexibility index (Phi) is 20.0. The molecule has 0 N–H and O–H groups in total. The second-order valence-electron chi connectivity index (χ2n) is 24.8. The average Bonchev–Trinajstić information content (AvgIpc) is 0.759. The van der Waals surface area contributed by atoms with Gasteiger partial charge >= 0.3 is 40.2 Å². The van der Waals surface area contributed by atoms with Gasteiger partial charge in [-0.15, -0.1) is 119 Å². The van der Waals surface area contributed by atoms with Crippen LogP contribution in [-0.4, -0.2) is 29.9 Å². The molecule has 0 atom stereocenters. The fourth-order valence-corrected chi connectivity index (χ4v) is 13.7. The standard InChI is InChI=1S/C96H58N6.2Ir/c1-5-23-85(81(19-1)65-33-41-69(42-34-65)91-29-9-13-53-97-91)75-59-76(86-24-6-2-20-82(86)66-35-43-70(44-36-66)92-30-10-14-54-98-92)62-79(61-75)89-27-17-28-90(95(89)73-49-51-74(52-50-73)96-101-57-18-58-102-96)80-63-77(87-25-7-3-21-83(87)67-37-45-71(46-38-67)93-31-11-15-55-99-93)60-78(64-80)88-26-8-4-22-84(88)68-39-47-72(48-40-68)94-32-12-16-56-100-94;;/h1-41,43,45,47,49-50,53-64H;;/q-6;2*+3. The van der Waals surface area contributed by atoms with Crippen molar-refractivity contribution in [2.45, 2.75) is 0 Å². The molecule has 8 heteroatoms. The molecule has 0 aliphatic carbocycles. The van der Waals surface area contributed by atoms with E-state index in [1.165, 1.54) is 0 Å². The molecule has 0 aliphatic heterocycles. The normalized spacial score (nSPS) is 10.9. The third kappa shape index (κ3) is 14.1. The van der Waals surface area contributed by atoms with Crippen LogP contribution in [0.3, 0.4) is 0 Å². The molecular weight excluding hydrogens is 1620 g/mol. The number of hydrogen-bond acceptors (Lipinski definition) is 6. The molecule has 0 fully saturated rings. The van der Waals surface area contributed by atoms with Gasteiger partial charge in [0.15, 0.2) is 0 Å². The number of pyridine rings is 4. The van der Waals surface area contributed by atoms with E-state index in [0.29, 0.717) is 11.4 Å². The quantitative estimate of drug-likeness (QED) is 0.0897. The monoisotopic (exact) mass is 1680 g/mol. The van der Waals surface area contributed by atoms with Crippen LogP contribution in [0.25, 0.3) is 179 Å². The maximum atomic E-state index is 4.65. The van der Waals surface area contributed by atoms with Crippen molar-refractivity contribution in [3.8, 4) is 179 Å². The minimum absolute atomic E-state index is 0. The fourth-order valence-electron chi connectivity index (χ4n) is 13.7. The molecule has 5 aromatic heterocycles. The molecule has 12 aromatic carbocycles. The second kappa shape index (κ2) is 30.8. The number of benzene rings is 12. The molecular formula is C96H58Ir2N6. The first kappa shape index (κ1) is 67.4. The van der Waals surface area contributed by atoms with Crippen molar-refractivity contribution in [3.63, 3.8) is 0 Å². The minimum Gasteiger partial charge on any atom is -0.333 e. The van der Waals surface area contributed by atoms with E-state index < -0.39 is 0 Å². The molecule has 490 valence electrons. The summed E-state index contributed by atoms with van der Waals surface area (Å²) in [7, 11) is 0. The van der Waals surface area contributed by atoms with Crippen LogP contribution < -0.4 is 0 Å². The third-order valence-corrected chi connectivity index (χ3v) is 18.6. The zero-order chi connectivity index (χ0) is 68.0. The van der Waals surface area contributed by atoms with Gasteiger partial charge in [-0.1, -0.05) is 214 Å². The van der Waals surface area contributed by atoms with Crippen molar-refractivity contribution in [2.75, 3.05) is 0 Å². The molecule has 0 spiro atoms. The summed E-state index contributed by atoms with van der Waals surface area (Å²) in [5.41, 5.74) is 30.7. The summed E-state index contributed by atoms with van der Waals surface area (Å²) < 4.78 is 0. The first-order valence-electron chi connectivity index (χ1n) is 33.8. The maximum absolute atomic E-state index is 4.65. The summed E-state index contributed by atoms with van der Waals surface area (Å²) in [6.07, 6.45) is 10.8. The van der Waals surface area contributed by atoms with Gasteiger partial charge < -0.3 is 29.9 Å². The Morgan fingerprint density at radius 2 is 0.423 bits per heavy atom. The zero-order valence-electron chi connectivity index (χ0n) is 55.8. The SMILES string of the molecule is [Ir+3].[Ir+3].[c-]1cc(-c2c(-c3cc(-c4ccccc4-c4c[c-]c(-c5ccccn5)cc4)cc(-c4ccccc4-c4c[c-]c(-c5ccccn5)cc4)c3)cccc2-c2cc(-c3ccccc3-c3c[c-]c(-c4ccccn4)cc3)cc(-c3ccccc3-c3c[c-]c(-c4ccccn4)cc3)c2)c[c-]c1-c1ncccn1. The smallest absolute Gasteiger partial charge is 0.333 e. The molecule has 0 aliphatic rings. The molecule has 6 nitrogen and oxygen atoms in total. The van der Waals surface area contributed by atoms with Gasteiger partial charge in [0.1, 0.15) is 0 Å². The Labute approximate surface area is 633 Å². The summed E-state index contributed by atoms with van der Waals surface area (Å²) in [5, 5.41) is 0. The van der Waals surface area contributed by atoms with Crippen LogP contribution in [0.4, 0.5) is 0 Å². The summed E-state index contributed by atoms with van der Waals surface area (Å²) in [6.45, 7) is 0. The Morgan fingerprint density at radius 3 is 0.683 bits per heavy atom. The van der Waals surface area contributed by atoms with E-state index in [4.69, 9.17) is 0 Å². The molecule has 0 unspecified atom stereocenters. The number of aromatic nitrogens is 6. The van der Waals surface area contributed by atoms with Crippen LogP contribution in [0.2, 0.25) is 0 Å². The summed E-state index contributed by atoms with van der Waals surface area (Å²) in [5.74, 6) is 0.544. The van der Waals surface area contributed by atoms with E-state index in [-0.39, 0.29) is 40.2 Å². The van der Waals surface area contributed by atoms with Crippen LogP contribution in [0.5, 0.6) is 0 Å². The summed E-state index contributed by atoms with van der Waals surface area (Å²) >= 11 is 0. The average molecular weight is 1680 g/mol. The van der Waals surface area contributed by atoms with E-state index in [1.807, 2.05) is 104 Å². The molecule has 0 saturated carbocycles. The Balaban J connectivity index is 0.00000435. The largest absolute Gasteiger partial charge is 3.00 e. The minimum atomic E-state index is 0. The van der Waals surface area contributed by atoms with Gasteiger partial charge in [-0.3, -0.25) is 12.1 Å². The molecule has 104 heavy (non-hydrogen) atoms. The molecule has 0 bridgehead atoms. The van der Waals surface area contributed by atoms with Gasteiger partial charge in [0.2, 0.25) is 0 Å². The van der Waals surface area contributed by atoms with Gasteiger partial charge in [0.05, 0.1) is 0 Å². The summed E-state index contributed by atoms with van der Waals surface area (Å²) in [6, 6.07) is 132. The van der Waals surface area contributed by atoms with E-state index in [2.05, 4.69) is 303 Å². The zero-order valence-corrected chi connectivity index (χ0v) is 60.6. The van der Waals surface area contributed by atoms with Gasteiger partial charge in [0.25, 0.3) is 0 Å². The van der Waals surface area contributed by atoms with Gasteiger partial charge in [-0.05, 0) is 162 Å². The number of hydrogen-bond donors (Lipinski definition) is 0. The van der Waals surface area contributed by atoms with Crippen molar-refractivity contribution in [1.82, 2.24) is 29.9 Å². The van der Waals surface area contributed by atoms with Gasteiger partial charge in [0, 0.05) is 37.2 Å². The first-order valence-corrected chi connectivity index (χ1v) is 33.8. The maximum Gasteiger partial charge on any atom is 3.00 e. The van der Waals surface area contributed by atoms with E-state index in [9.17, 15) is 0 Å². The van der Waals surface area contributed by atoms with E-state index in [1.54, 1.807) is 12.4 Å². The van der Waals surface area contributed by atoms with Crippen molar-refractivity contribution in [1.29, 1.82) is 0 Å². The van der Waals surface area contributed by atoms with Gasteiger partial charge in [-0.25, -0.2) is 17.7 Å². The molecule has 0 saturated heterocycles. The number of nitrogens with zero attached hydrogens (tertiary/aromatic N) is 6. The summed E-state index contributed by atoms with van der Waals surface area (Å²) in [4.78, 5) is 27.9. The van der Waals surface area contributed by atoms with Crippen LogP contribution in [0.1, 0.15) is 0 Å². The van der Waals surface area contributed by atoms with Crippen molar-refractivity contribution in [3.05, 3.63) is 389 Å². The molecule has 17 aromatic rings. The first-order chi connectivity index (χ1) is 50.6. The van der Waals surface area contributed by atoms with E-state index in [0.717, 1.165) is 167 Å². The van der Waals surface area contributed by atoms with E-state index >= 15 is 0 Å². The Bertz CT molecular complexity index is 5200. The van der Waals surface area contributed by atoms with Crippen LogP contribution in [-0.2, 0) is 40.2 Å². The molecule has 5 heterocycles. The van der Waals surface area contributed by atoms with Crippen LogP contribution in [0.15, 0.2) is 353 Å². The van der Waals surface area contributed by atoms with Crippen LogP contribution in [0, 0.1) is 36.4 Å². The Hall–Kier alpha value is -12.4. The van der Waals surface area contributed by atoms with Crippen molar-refractivity contribution >= 4 is 0 Å². The van der Waals surface area contributed by atoms with Crippen LogP contribution >= 0.6 is 0 Å². The topological polar surface area (TPSA) is 77.3 Å². The predicted octanol–water partition coefficient (Wildman–Crippen LogP) is 23.5. The molecule has 0 amide bonds. The molecule has 17 rings (SSSR count). The Morgan fingerprint density at radius 1 is 0.183 bits per heavy atom. The molecule has 0 radical (unpaired) electrons. The second-order valence-corrected chi connectivity index (χ2v) is 24.8. The van der Waals surface area contributed by atoms with Crippen molar-refractivity contribution < 1.29 is 40.2 Å². The fraction of sp³-hybridized carbons (Fsp3) is 0.